The number of benzene rings is 1. The highest BCUT2D eigenvalue weighted by molar-refractivity contribution is 14.1. The van der Waals surface area contributed by atoms with Crippen LogP contribution in [0, 0.1) is 3.57 Å². The normalized spacial score (nSPS) is 11.6. The maximum atomic E-state index is 11.8. The van der Waals surface area contributed by atoms with Crippen LogP contribution in [-0.4, -0.2) is 14.2 Å². The van der Waals surface area contributed by atoms with Gasteiger partial charge in [-0.25, -0.2) is 0 Å². The van der Waals surface area contributed by atoms with Gasteiger partial charge in [0.05, 0.1) is 6.16 Å². The molecule has 0 aliphatic heterocycles. The van der Waals surface area contributed by atoms with Crippen LogP contribution >= 0.6 is 30.2 Å². The lowest BCUT2D eigenvalue weighted by atomic mass is 10.2. The summed E-state index contributed by atoms with van der Waals surface area (Å²) in [6.45, 7) is 0. The van der Waals surface area contributed by atoms with E-state index in [0.29, 0.717) is 6.16 Å². The average molecular weight is 326 g/mol. The molecule has 5 heteroatoms. The Morgan fingerprint density at radius 1 is 1.21 bits per heavy atom. The maximum absolute atomic E-state index is 11.8. The fourth-order valence-electron chi connectivity index (χ4n) is 1.02. The highest BCUT2D eigenvalue weighted by atomic mass is 127. The predicted molar refractivity (Wildman–Crippen MR) is 64.5 cm³/mol. The number of rotatable bonds is 4. The zero-order valence-electron chi connectivity index (χ0n) is 8.07. The van der Waals surface area contributed by atoms with E-state index in [2.05, 4.69) is 22.6 Å². The van der Waals surface area contributed by atoms with E-state index in [-0.39, 0.29) is 0 Å². The molecule has 14 heavy (non-hydrogen) atoms. The van der Waals surface area contributed by atoms with Crippen molar-refractivity contribution in [3.05, 3.63) is 33.4 Å². The summed E-state index contributed by atoms with van der Waals surface area (Å²) in [5.74, 6) is 0. The zero-order valence-corrected chi connectivity index (χ0v) is 11.1. The molecule has 0 unspecified atom stereocenters. The van der Waals surface area contributed by atoms with Gasteiger partial charge in [0, 0.05) is 17.8 Å². The topological polar surface area (TPSA) is 35.5 Å². The molecule has 0 aliphatic carbocycles. The molecule has 0 saturated heterocycles. The Bertz CT molecular complexity index is 328. The minimum atomic E-state index is -2.92. The second kappa shape index (κ2) is 5.26. The third-order valence-corrected chi connectivity index (χ3v) is 4.43. The molecule has 0 amide bonds. The van der Waals surface area contributed by atoms with Gasteiger partial charge in [-0.1, -0.05) is 12.1 Å². The maximum Gasteiger partial charge on any atom is 0.334 e. The van der Waals surface area contributed by atoms with Crippen LogP contribution in [0.15, 0.2) is 24.3 Å². The van der Waals surface area contributed by atoms with E-state index in [0.717, 1.165) is 9.13 Å². The van der Waals surface area contributed by atoms with Crippen molar-refractivity contribution in [2.45, 2.75) is 6.16 Å². The summed E-state index contributed by atoms with van der Waals surface area (Å²) in [5.41, 5.74) is 0.956. The van der Waals surface area contributed by atoms with Crippen molar-refractivity contribution in [2.24, 2.45) is 0 Å². The Morgan fingerprint density at radius 2 is 1.71 bits per heavy atom. The Labute approximate surface area is 97.5 Å². The average Bonchev–Trinajstić information content (AvgIpc) is 2.21. The molecule has 0 aromatic heterocycles. The number of halogens is 1. The van der Waals surface area contributed by atoms with Gasteiger partial charge in [0.2, 0.25) is 0 Å². The molecule has 1 rings (SSSR count). The van der Waals surface area contributed by atoms with Crippen LogP contribution in [0.25, 0.3) is 0 Å². The molecule has 0 saturated carbocycles. The van der Waals surface area contributed by atoms with Crippen LogP contribution in [0.1, 0.15) is 5.56 Å². The Morgan fingerprint density at radius 3 is 2.14 bits per heavy atom. The van der Waals surface area contributed by atoms with Crippen molar-refractivity contribution in [1.82, 2.24) is 0 Å². The summed E-state index contributed by atoms with van der Waals surface area (Å²) in [6.07, 6.45) is 0.316. The summed E-state index contributed by atoms with van der Waals surface area (Å²) in [4.78, 5) is 0. The first-order valence-corrected chi connectivity index (χ1v) is 6.85. The lowest BCUT2D eigenvalue weighted by Gasteiger charge is -2.13. The fraction of sp³-hybridized carbons (Fsp3) is 0.333. The molecule has 0 spiro atoms. The van der Waals surface area contributed by atoms with Gasteiger partial charge in [0.25, 0.3) is 0 Å². The first-order valence-electron chi connectivity index (χ1n) is 4.04. The van der Waals surface area contributed by atoms with E-state index < -0.39 is 7.60 Å². The van der Waals surface area contributed by atoms with Gasteiger partial charge in [-0.15, -0.1) is 0 Å². The van der Waals surface area contributed by atoms with Gasteiger partial charge in [0.1, 0.15) is 0 Å². The summed E-state index contributed by atoms with van der Waals surface area (Å²) in [7, 11) is -0.121. The molecular formula is C9H12IO3P. The minimum absolute atomic E-state index is 0.316. The van der Waals surface area contributed by atoms with E-state index in [1.807, 2.05) is 24.3 Å². The third kappa shape index (κ3) is 3.35. The van der Waals surface area contributed by atoms with E-state index >= 15 is 0 Å². The molecule has 0 N–H and O–H groups in total. The Balaban J connectivity index is 2.78. The Kier molecular flexibility index (Phi) is 4.57. The lowest BCUT2D eigenvalue weighted by molar-refractivity contribution is 0.275. The van der Waals surface area contributed by atoms with Crippen LogP contribution in [0.5, 0.6) is 0 Å². The van der Waals surface area contributed by atoms with Crippen molar-refractivity contribution in [1.29, 1.82) is 0 Å². The van der Waals surface area contributed by atoms with Crippen molar-refractivity contribution >= 4 is 30.2 Å². The molecule has 3 nitrogen and oxygen atoms in total. The summed E-state index contributed by atoms with van der Waals surface area (Å²) >= 11 is 2.22. The molecule has 78 valence electrons. The third-order valence-electron chi connectivity index (χ3n) is 1.85. The second-order valence-corrected chi connectivity index (χ2v) is 6.27. The van der Waals surface area contributed by atoms with Crippen molar-refractivity contribution in [3.63, 3.8) is 0 Å². The van der Waals surface area contributed by atoms with Gasteiger partial charge in [0.15, 0.2) is 0 Å². The largest absolute Gasteiger partial charge is 0.334 e. The van der Waals surface area contributed by atoms with Crippen LogP contribution in [0.4, 0.5) is 0 Å². The Hall–Kier alpha value is 0.1000. The van der Waals surface area contributed by atoms with E-state index in [9.17, 15) is 4.57 Å². The van der Waals surface area contributed by atoms with Crippen LogP contribution in [0.2, 0.25) is 0 Å². The predicted octanol–water partition coefficient (Wildman–Crippen LogP) is 3.28. The SMILES string of the molecule is COP(=O)(Cc1ccc(I)cc1)OC. The van der Waals surface area contributed by atoms with Gasteiger partial charge >= 0.3 is 7.60 Å². The molecule has 0 radical (unpaired) electrons. The molecule has 0 heterocycles. The molecule has 1 aromatic rings. The first-order chi connectivity index (χ1) is 6.59. The van der Waals surface area contributed by atoms with Gasteiger partial charge < -0.3 is 9.05 Å². The van der Waals surface area contributed by atoms with Gasteiger partial charge in [-0.2, -0.15) is 0 Å². The summed E-state index contributed by atoms with van der Waals surface area (Å²) < 4.78 is 22.6. The van der Waals surface area contributed by atoms with Crippen molar-refractivity contribution in [3.8, 4) is 0 Å². The second-order valence-electron chi connectivity index (χ2n) is 2.76. The molecule has 1 aromatic carbocycles. The monoisotopic (exact) mass is 326 g/mol. The molecule has 0 atom stereocenters. The summed E-state index contributed by atoms with van der Waals surface area (Å²) in [6, 6.07) is 7.77. The molecule has 0 fully saturated rings. The van der Waals surface area contributed by atoms with Crippen molar-refractivity contribution < 1.29 is 13.6 Å². The zero-order chi connectivity index (χ0) is 10.6. The number of hydrogen-bond donors (Lipinski definition) is 0. The molecule has 0 bridgehead atoms. The first kappa shape index (κ1) is 12.2. The van der Waals surface area contributed by atoms with Crippen LogP contribution < -0.4 is 0 Å². The minimum Gasteiger partial charge on any atom is -0.312 e. The van der Waals surface area contributed by atoms with E-state index in [1.165, 1.54) is 14.2 Å². The highest BCUT2D eigenvalue weighted by Crippen LogP contribution is 2.49. The van der Waals surface area contributed by atoms with Gasteiger partial charge in [-0.3, -0.25) is 4.57 Å². The fourth-order valence-corrected chi connectivity index (χ4v) is 2.44. The van der Waals surface area contributed by atoms with Crippen LogP contribution in [0.3, 0.4) is 0 Å². The highest BCUT2D eigenvalue weighted by Gasteiger charge is 2.21. The molecule has 0 aliphatic rings. The van der Waals surface area contributed by atoms with Gasteiger partial charge in [-0.05, 0) is 40.3 Å². The van der Waals surface area contributed by atoms with E-state index in [1.54, 1.807) is 0 Å². The smallest absolute Gasteiger partial charge is 0.312 e. The molecular weight excluding hydrogens is 314 g/mol. The summed E-state index contributed by atoms with van der Waals surface area (Å²) in [5, 5.41) is 0. The standard InChI is InChI=1S/C9H12IO3P/c1-12-14(11,13-2)7-8-3-5-9(10)6-4-8/h3-6H,7H2,1-2H3. The van der Waals surface area contributed by atoms with E-state index in [4.69, 9.17) is 9.05 Å². The van der Waals surface area contributed by atoms with Crippen LogP contribution in [-0.2, 0) is 19.8 Å². The quantitative estimate of drug-likeness (QED) is 0.629. The lowest BCUT2D eigenvalue weighted by Crippen LogP contribution is -1.93. The van der Waals surface area contributed by atoms with Crippen molar-refractivity contribution in [2.75, 3.05) is 14.2 Å². The number of hydrogen-bond acceptors (Lipinski definition) is 3.